The van der Waals surface area contributed by atoms with Crippen LogP contribution in [0.4, 0.5) is 0 Å². The maximum absolute atomic E-state index is 11.0. The Balaban J connectivity index is 1.92. The molecule has 1 aromatic heterocycles. The molecule has 2 heterocycles. The Morgan fingerprint density at radius 1 is 1.42 bits per heavy atom. The number of oxazole rings is 1. The minimum Gasteiger partial charge on any atom is -0.481 e. The van der Waals surface area contributed by atoms with Crippen molar-refractivity contribution < 1.29 is 14.3 Å². The van der Waals surface area contributed by atoms with Gasteiger partial charge in [0.25, 0.3) is 0 Å². The van der Waals surface area contributed by atoms with Gasteiger partial charge in [0.1, 0.15) is 6.26 Å². The Kier molecular flexibility index (Phi) is 3.05. The molecule has 19 heavy (non-hydrogen) atoms. The van der Waals surface area contributed by atoms with E-state index in [1.54, 1.807) is 6.20 Å². The monoisotopic (exact) mass is 258 g/mol. The summed E-state index contributed by atoms with van der Waals surface area (Å²) in [7, 11) is 0. The Hall–Kier alpha value is -2.14. The summed E-state index contributed by atoms with van der Waals surface area (Å²) in [5, 5.41) is 12.3. The summed E-state index contributed by atoms with van der Waals surface area (Å²) >= 11 is 0. The van der Waals surface area contributed by atoms with E-state index in [9.17, 15) is 4.79 Å². The van der Waals surface area contributed by atoms with Crippen LogP contribution in [0, 0.1) is 5.92 Å². The van der Waals surface area contributed by atoms with Crippen LogP contribution in [0.2, 0.25) is 0 Å². The molecule has 0 radical (unpaired) electrons. The van der Waals surface area contributed by atoms with Gasteiger partial charge in [0, 0.05) is 18.2 Å². The van der Waals surface area contributed by atoms with Crippen molar-refractivity contribution in [2.45, 2.75) is 12.5 Å². The zero-order valence-electron chi connectivity index (χ0n) is 10.2. The third-order valence-electron chi connectivity index (χ3n) is 3.48. The molecule has 1 aliphatic heterocycles. The van der Waals surface area contributed by atoms with Gasteiger partial charge < -0.3 is 14.8 Å². The van der Waals surface area contributed by atoms with Crippen molar-refractivity contribution in [1.82, 2.24) is 10.3 Å². The molecule has 0 saturated carbocycles. The maximum Gasteiger partial charge on any atom is 0.307 e. The van der Waals surface area contributed by atoms with Crippen LogP contribution < -0.4 is 5.32 Å². The van der Waals surface area contributed by atoms with Crippen LogP contribution in [0.25, 0.3) is 11.5 Å². The fraction of sp³-hybridized carbons (Fsp3) is 0.286. The van der Waals surface area contributed by atoms with Crippen LogP contribution >= 0.6 is 0 Å². The molecule has 2 atom stereocenters. The van der Waals surface area contributed by atoms with Crippen LogP contribution in [0.15, 0.2) is 41.1 Å². The first-order valence-electron chi connectivity index (χ1n) is 6.20. The number of nitrogens with zero attached hydrogens (tertiary/aromatic N) is 1. The van der Waals surface area contributed by atoms with Crippen molar-refractivity contribution >= 4 is 5.97 Å². The Morgan fingerprint density at radius 3 is 2.95 bits per heavy atom. The van der Waals surface area contributed by atoms with Crippen molar-refractivity contribution in [3.8, 4) is 11.5 Å². The SMILES string of the molecule is O=C(O)C1CNC(c2ccccc2-c2ncco2)C1. The maximum atomic E-state index is 11.0. The third kappa shape index (κ3) is 2.24. The van der Waals surface area contributed by atoms with Gasteiger partial charge in [-0.05, 0) is 18.1 Å². The molecule has 2 aromatic rings. The van der Waals surface area contributed by atoms with Gasteiger partial charge in [0.15, 0.2) is 0 Å². The van der Waals surface area contributed by atoms with Gasteiger partial charge in [-0.2, -0.15) is 0 Å². The van der Waals surface area contributed by atoms with E-state index in [1.807, 2.05) is 24.3 Å². The van der Waals surface area contributed by atoms with E-state index in [1.165, 1.54) is 6.26 Å². The van der Waals surface area contributed by atoms with Crippen LogP contribution in [0.5, 0.6) is 0 Å². The lowest BCUT2D eigenvalue weighted by Gasteiger charge is -2.13. The van der Waals surface area contributed by atoms with Gasteiger partial charge in [-0.1, -0.05) is 18.2 Å². The quantitative estimate of drug-likeness (QED) is 0.881. The number of aromatic nitrogens is 1. The first kappa shape index (κ1) is 11.9. The average Bonchev–Trinajstić information content (AvgIpc) is 3.10. The third-order valence-corrected chi connectivity index (χ3v) is 3.48. The summed E-state index contributed by atoms with van der Waals surface area (Å²) in [6, 6.07) is 7.83. The van der Waals surface area contributed by atoms with E-state index in [2.05, 4.69) is 10.3 Å². The number of carboxylic acids is 1. The van der Waals surface area contributed by atoms with Crippen LogP contribution in [-0.4, -0.2) is 22.6 Å². The van der Waals surface area contributed by atoms with Crippen molar-refractivity contribution in [2.75, 3.05) is 6.54 Å². The van der Waals surface area contributed by atoms with Gasteiger partial charge in [-0.25, -0.2) is 4.98 Å². The number of benzene rings is 1. The van der Waals surface area contributed by atoms with Gasteiger partial charge in [-0.15, -0.1) is 0 Å². The van der Waals surface area contributed by atoms with Gasteiger partial charge in [0.2, 0.25) is 5.89 Å². The molecule has 3 rings (SSSR count). The Bertz CT molecular complexity index is 580. The van der Waals surface area contributed by atoms with Gasteiger partial charge >= 0.3 is 5.97 Å². The lowest BCUT2D eigenvalue weighted by atomic mass is 9.96. The fourth-order valence-electron chi connectivity index (χ4n) is 2.51. The number of aliphatic carboxylic acids is 1. The zero-order chi connectivity index (χ0) is 13.2. The molecule has 2 unspecified atom stereocenters. The summed E-state index contributed by atoms with van der Waals surface area (Å²) in [5.74, 6) is -0.512. The van der Waals surface area contributed by atoms with Crippen LogP contribution in [0.3, 0.4) is 0 Å². The van der Waals surface area contributed by atoms with Gasteiger partial charge in [0.05, 0.1) is 12.1 Å². The van der Waals surface area contributed by atoms with Crippen LogP contribution in [-0.2, 0) is 4.79 Å². The summed E-state index contributed by atoms with van der Waals surface area (Å²) in [5.41, 5.74) is 1.95. The molecule has 98 valence electrons. The predicted octanol–water partition coefficient (Wildman–Crippen LogP) is 2.08. The highest BCUT2D eigenvalue weighted by atomic mass is 16.4. The Labute approximate surface area is 110 Å². The topological polar surface area (TPSA) is 75.4 Å². The number of hydrogen-bond donors (Lipinski definition) is 2. The number of carbonyl (C=O) groups is 1. The molecule has 5 nitrogen and oxygen atoms in total. The van der Waals surface area contributed by atoms with E-state index in [0.29, 0.717) is 18.9 Å². The highest BCUT2D eigenvalue weighted by molar-refractivity contribution is 5.71. The molecular formula is C14H14N2O3. The van der Waals surface area contributed by atoms with E-state index >= 15 is 0 Å². The largest absolute Gasteiger partial charge is 0.481 e. The summed E-state index contributed by atoms with van der Waals surface area (Å²) in [6.45, 7) is 0.500. The summed E-state index contributed by atoms with van der Waals surface area (Å²) in [4.78, 5) is 15.2. The highest BCUT2D eigenvalue weighted by Crippen LogP contribution is 2.33. The van der Waals surface area contributed by atoms with Crippen molar-refractivity contribution in [2.24, 2.45) is 5.92 Å². The summed E-state index contributed by atoms with van der Waals surface area (Å²) in [6.07, 6.45) is 3.73. The second-order valence-electron chi connectivity index (χ2n) is 4.66. The smallest absolute Gasteiger partial charge is 0.307 e. The first-order chi connectivity index (χ1) is 9.25. The van der Waals surface area contributed by atoms with Gasteiger partial charge in [-0.3, -0.25) is 4.79 Å². The number of rotatable bonds is 3. The molecule has 2 N–H and O–H groups in total. The van der Waals surface area contributed by atoms with E-state index in [-0.39, 0.29) is 12.0 Å². The number of hydrogen-bond acceptors (Lipinski definition) is 4. The first-order valence-corrected chi connectivity index (χ1v) is 6.20. The van der Waals surface area contributed by atoms with Crippen molar-refractivity contribution in [1.29, 1.82) is 0 Å². The molecule has 5 heteroatoms. The lowest BCUT2D eigenvalue weighted by Crippen LogP contribution is -2.17. The normalized spacial score (nSPS) is 22.5. The lowest BCUT2D eigenvalue weighted by molar-refractivity contribution is -0.141. The molecule has 0 aliphatic carbocycles. The van der Waals surface area contributed by atoms with E-state index in [0.717, 1.165) is 11.1 Å². The zero-order valence-corrected chi connectivity index (χ0v) is 10.2. The van der Waals surface area contributed by atoms with Crippen molar-refractivity contribution in [3.05, 3.63) is 42.3 Å². The number of nitrogens with one attached hydrogen (secondary N) is 1. The minimum atomic E-state index is -0.747. The number of carboxylic acid groups (broad SMARTS) is 1. The van der Waals surface area contributed by atoms with E-state index in [4.69, 9.17) is 9.52 Å². The predicted molar refractivity (Wildman–Crippen MR) is 68.4 cm³/mol. The molecule has 0 spiro atoms. The highest BCUT2D eigenvalue weighted by Gasteiger charge is 2.31. The molecule has 1 aromatic carbocycles. The van der Waals surface area contributed by atoms with E-state index < -0.39 is 5.97 Å². The standard InChI is InChI=1S/C14H14N2O3/c17-14(18)9-7-12(16-8-9)10-3-1-2-4-11(10)13-15-5-6-19-13/h1-6,9,12,16H,7-8H2,(H,17,18). The molecular weight excluding hydrogens is 244 g/mol. The second kappa shape index (κ2) is 4.85. The summed E-state index contributed by atoms with van der Waals surface area (Å²) < 4.78 is 5.34. The molecule has 0 bridgehead atoms. The molecule has 1 fully saturated rings. The minimum absolute atomic E-state index is 0.0317. The Morgan fingerprint density at radius 2 is 2.26 bits per heavy atom. The van der Waals surface area contributed by atoms with Crippen LogP contribution in [0.1, 0.15) is 18.0 Å². The second-order valence-corrected chi connectivity index (χ2v) is 4.66. The average molecular weight is 258 g/mol. The van der Waals surface area contributed by atoms with Crippen molar-refractivity contribution in [3.63, 3.8) is 0 Å². The molecule has 1 aliphatic rings. The molecule has 0 amide bonds. The molecule has 1 saturated heterocycles. The fourth-order valence-corrected chi connectivity index (χ4v) is 2.51.